The molecule has 5 heteroatoms. The summed E-state index contributed by atoms with van der Waals surface area (Å²) < 4.78 is 5.65. The van der Waals surface area contributed by atoms with E-state index in [1.165, 1.54) is 22.4 Å². The summed E-state index contributed by atoms with van der Waals surface area (Å²) in [6.45, 7) is 0.642. The first-order valence-electron chi connectivity index (χ1n) is 8.34. The van der Waals surface area contributed by atoms with E-state index >= 15 is 0 Å². The highest BCUT2D eigenvalue weighted by atomic mass is 32.1. The molecule has 0 saturated carbocycles. The predicted octanol–water partition coefficient (Wildman–Crippen LogP) is 3.03. The molecular weight excluding hydrogens is 320 g/mol. The van der Waals surface area contributed by atoms with Crippen molar-refractivity contribution in [2.45, 2.75) is 25.3 Å². The van der Waals surface area contributed by atoms with Gasteiger partial charge in [0.1, 0.15) is 5.75 Å². The molecule has 1 heterocycles. The lowest BCUT2D eigenvalue weighted by molar-refractivity contribution is -0.123. The number of nitrogens with one attached hydrogen (secondary N) is 1. The van der Waals surface area contributed by atoms with Gasteiger partial charge in [-0.3, -0.25) is 4.79 Å². The van der Waals surface area contributed by atoms with Gasteiger partial charge < -0.3 is 15.0 Å². The minimum absolute atomic E-state index is 0.0589. The number of benzene rings is 1. The van der Waals surface area contributed by atoms with E-state index in [0.29, 0.717) is 6.54 Å². The largest absolute Gasteiger partial charge is 0.484 e. The van der Waals surface area contributed by atoms with Crippen LogP contribution in [0.25, 0.3) is 0 Å². The van der Waals surface area contributed by atoms with E-state index in [1.54, 1.807) is 11.3 Å². The molecule has 0 aliphatic heterocycles. The average Bonchev–Trinajstić information content (AvgIpc) is 3.23. The van der Waals surface area contributed by atoms with E-state index in [2.05, 4.69) is 33.8 Å². The SMILES string of the molecule is CN(C)C(CNC(=O)COc1ccc2c(c1)CCC2)c1cccs1. The summed E-state index contributed by atoms with van der Waals surface area (Å²) in [6.07, 6.45) is 3.49. The standard InChI is InChI=1S/C19H24N2O2S/c1-21(2)17(18-7-4-10-24-18)12-20-19(22)13-23-16-9-8-14-5-3-6-15(14)11-16/h4,7-11,17H,3,5-6,12-13H2,1-2H3,(H,20,22). The molecule has 0 spiro atoms. The number of ether oxygens (including phenoxy) is 1. The van der Waals surface area contributed by atoms with Crippen LogP contribution in [-0.2, 0) is 17.6 Å². The summed E-state index contributed by atoms with van der Waals surface area (Å²) in [4.78, 5) is 15.5. The number of nitrogens with zero attached hydrogens (tertiary/aromatic N) is 1. The molecule has 1 unspecified atom stereocenters. The number of carbonyl (C=O) groups is 1. The van der Waals surface area contributed by atoms with Crippen molar-refractivity contribution in [2.75, 3.05) is 27.2 Å². The Morgan fingerprint density at radius 1 is 1.29 bits per heavy atom. The Labute approximate surface area is 147 Å². The summed E-state index contributed by atoms with van der Waals surface area (Å²) in [6, 6.07) is 10.5. The van der Waals surface area contributed by atoms with Crippen molar-refractivity contribution in [1.82, 2.24) is 10.2 Å². The molecule has 0 fully saturated rings. The molecule has 1 atom stereocenters. The van der Waals surface area contributed by atoms with E-state index in [-0.39, 0.29) is 18.6 Å². The second-order valence-corrected chi connectivity index (χ2v) is 7.35. The van der Waals surface area contributed by atoms with Gasteiger partial charge >= 0.3 is 0 Å². The monoisotopic (exact) mass is 344 g/mol. The Kier molecular flexibility index (Phi) is 5.53. The molecule has 1 N–H and O–H groups in total. The summed E-state index contributed by atoms with van der Waals surface area (Å²) >= 11 is 1.71. The predicted molar refractivity (Wildman–Crippen MR) is 97.7 cm³/mol. The molecule has 1 amide bonds. The van der Waals surface area contributed by atoms with Crippen LogP contribution in [0.2, 0.25) is 0 Å². The van der Waals surface area contributed by atoms with Crippen molar-refractivity contribution in [2.24, 2.45) is 0 Å². The Hall–Kier alpha value is -1.85. The van der Waals surface area contributed by atoms with Crippen LogP contribution in [0.15, 0.2) is 35.7 Å². The summed E-state index contributed by atoms with van der Waals surface area (Å²) in [5.74, 6) is 0.701. The third kappa shape index (κ3) is 4.16. The summed E-state index contributed by atoms with van der Waals surface area (Å²) in [5, 5.41) is 5.04. The minimum Gasteiger partial charge on any atom is -0.484 e. The lowest BCUT2D eigenvalue weighted by Crippen LogP contribution is -2.36. The number of aryl methyl sites for hydroxylation is 2. The quantitative estimate of drug-likeness (QED) is 0.839. The van der Waals surface area contributed by atoms with Crippen LogP contribution in [0.4, 0.5) is 0 Å². The maximum atomic E-state index is 12.1. The van der Waals surface area contributed by atoms with Crippen LogP contribution in [-0.4, -0.2) is 38.1 Å². The Balaban J connectivity index is 1.49. The first kappa shape index (κ1) is 17.0. The maximum Gasteiger partial charge on any atom is 0.258 e. The number of thiophene rings is 1. The van der Waals surface area contributed by atoms with E-state index in [0.717, 1.165) is 18.6 Å². The zero-order chi connectivity index (χ0) is 16.9. The molecule has 1 aromatic carbocycles. The number of rotatable bonds is 7. The smallest absolute Gasteiger partial charge is 0.258 e. The number of hydrogen-bond acceptors (Lipinski definition) is 4. The molecule has 1 aliphatic carbocycles. The fourth-order valence-electron chi connectivity index (χ4n) is 3.07. The Morgan fingerprint density at radius 2 is 2.12 bits per heavy atom. The van der Waals surface area contributed by atoms with E-state index in [9.17, 15) is 4.79 Å². The fraction of sp³-hybridized carbons (Fsp3) is 0.421. The van der Waals surface area contributed by atoms with Gasteiger partial charge in [0, 0.05) is 11.4 Å². The fourth-order valence-corrected chi connectivity index (χ4v) is 3.99. The van der Waals surface area contributed by atoms with Gasteiger partial charge in [-0.25, -0.2) is 0 Å². The van der Waals surface area contributed by atoms with Crippen molar-refractivity contribution in [3.8, 4) is 5.75 Å². The average molecular weight is 344 g/mol. The molecule has 128 valence electrons. The molecular formula is C19H24N2O2S. The molecule has 2 aromatic rings. The second-order valence-electron chi connectivity index (χ2n) is 6.37. The molecule has 0 bridgehead atoms. The normalized spacial score (nSPS) is 14.5. The van der Waals surface area contributed by atoms with Gasteiger partial charge in [-0.15, -0.1) is 11.3 Å². The van der Waals surface area contributed by atoms with Gasteiger partial charge in [0.15, 0.2) is 6.61 Å². The third-order valence-electron chi connectivity index (χ3n) is 4.43. The van der Waals surface area contributed by atoms with Gasteiger partial charge in [0.25, 0.3) is 5.91 Å². The van der Waals surface area contributed by atoms with Crippen molar-refractivity contribution in [3.63, 3.8) is 0 Å². The second kappa shape index (κ2) is 7.81. The lowest BCUT2D eigenvalue weighted by Gasteiger charge is -2.23. The van der Waals surface area contributed by atoms with Crippen LogP contribution in [0.5, 0.6) is 5.75 Å². The van der Waals surface area contributed by atoms with Gasteiger partial charge in [0.05, 0.1) is 6.04 Å². The molecule has 0 radical (unpaired) electrons. The highest BCUT2D eigenvalue weighted by Gasteiger charge is 2.16. The minimum atomic E-state index is -0.0843. The maximum absolute atomic E-state index is 12.1. The van der Waals surface area contributed by atoms with Crippen molar-refractivity contribution < 1.29 is 9.53 Å². The van der Waals surface area contributed by atoms with Crippen LogP contribution >= 0.6 is 11.3 Å². The molecule has 4 nitrogen and oxygen atoms in total. The topological polar surface area (TPSA) is 41.6 Å². The number of likely N-dealkylation sites (N-methyl/N-ethyl adjacent to an activating group) is 1. The van der Waals surface area contributed by atoms with Crippen molar-refractivity contribution in [3.05, 3.63) is 51.7 Å². The zero-order valence-electron chi connectivity index (χ0n) is 14.2. The van der Waals surface area contributed by atoms with Gasteiger partial charge in [-0.2, -0.15) is 0 Å². The number of fused-ring (bicyclic) bond motifs is 1. The van der Waals surface area contributed by atoms with E-state index in [1.807, 2.05) is 26.2 Å². The molecule has 3 rings (SSSR count). The van der Waals surface area contributed by atoms with E-state index in [4.69, 9.17) is 4.74 Å². The highest BCUT2D eigenvalue weighted by molar-refractivity contribution is 7.10. The van der Waals surface area contributed by atoms with Crippen LogP contribution in [0.3, 0.4) is 0 Å². The first-order valence-corrected chi connectivity index (χ1v) is 9.22. The van der Waals surface area contributed by atoms with Crippen LogP contribution < -0.4 is 10.1 Å². The number of amides is 1. The van der Waals surface area contributed by atoms with Gasteiger partial charge in [-0.1, -0.05) is 12.1 Å². The van der Waals surface area contributed by atoms with Gasteiger partial charge in [-0.05, 0) is 68.1 Å². The molecule has 1 aromatic heterocycles. The molecule has 24 heavy (non-hydrogen) atoms. The third-order valence-corrected chi connectivity index (χ3v) is 5.40. The Morgan fingerprint density at radius 3 is 2.88 bits per heavy atom. The number of hydrogen-bond donors (Lipinski definition) is 1. The van der Waals surface area contributed by atoms with Crippen LogP contribution in [0.1, 0.15) is 28.5 Å². The van der Waals surface area contributed by atoms with Crippen molar-refractivity contribution in [1.29, 1.82) is 0 Å². The first-order chi connectivity index (χ1) is 11.6. The molecule has 0 saturated heterocycles. The Bertz CT molecular complexity index is 683. The number of carbonyl (C=O) groups excluding carboxylic acids is 1. The van der Waals surface area contributed by atoms with E-state index < -0.39 is 0 Å². The highest BCUT2D eigenvalue weighted by Crippen LogP contribution is 2.26. The van der Waals surface area contributed by atoms with Crippen LogP contribution in [0, 0.1) is 0 Å². The summed E-state index contributed by atoms with van der Waals surface area (Å²) in [7, 11) is 4.05. The molecule has 1 aliphatic rings. The van der Waals surface area contributed by atoms with Gasteiger partial charge in [0.2, 0.25) is 0 Å². The zero-order valence-corrected chi connectivity index (χ0v) is 15.1. The summed E-state index contributed by atoms with van der Waals surface area (Å²) in [5.41, 5.74) is 2.77. The lowest BCUT2D eigenvalue weighted by atomic mass is 10.1. The van der Waals surface area contributed by atoms with Crippen molar-refractivity contribution >= 4 is 17.2 Å².